The number of carbonyl (C=O) groups is 3. The monoisotopic (exact) mass is 1820 g/mol. The molecule has 5 atom stereocenters. The molecular weight excluding hydrogens is 1630 g/mol. The molecule has 0 bridgehead atoms. The summed E-state index contributed by atoms with van der Waals surface area (Å²) in [5.74, 6) is -1.56. The zero-order chi connectivity index (χ0) is 92.1. The van der Waals surface area contributed by atoms with E-state index < -0.39 is 91.5 Å². The van der Waals surface area contributed by atoms with E-state index in [1.807, 2.05) is 0 Å². The van der Waals surface area contributed by atoms with Crippen LogP contribution in [-0.2, 0) is 55.8 Å². The van der Waals surface area contributed by atoms with Gasteiger partial charge in [-0.1, -0.05) is 442 Å². The van der Waals surface area contributed by atoms with Crippen LogP contribution in [0.2, 0.25) is 0 Å². The molecule has 0 saturated carbocycles. The number of hydrogen-bond acceptors (Lipinski definition) is 14. The molecule has 0 aliphatic heterocycles. The standard InChI is InChI=1S/C109H190O16P2/c1-4-7-10-13-16-19-22-25-28-31-34-37-40-43-45-47-49-50-51-52-54-56-57-60-62-65-68-71-74-77-80-83-86-89-92-95-107(112)119-98-104(110)99-121-126(115,116)122-100-105(111)101-123-127(117,118)124-103-106(125-109(114)97-94-91-88-85-82-79-76-73-70-67-64-59-42-39-36-33-30-27-24-21-18-15-12-9-6-3)102-120-108(113)96-93-90-87-84-81-78-75-72-69-66-63-61-58-55-53-48-46-44-41-38-35-32-29-26-23-20-17-14-11-8-5-2/h7,10,16-21,25-30,34-39,43-46,59,64,104-106,110-111H,4-6,8-9,11-15,22-24,31-33,40-42,47-58,60-63,65-103H2,1-3H3,(H,115,116)(H,117,118)/b10-7-,19-16-,20-17-,21-18-,28-25-,29-26-,30-27-,37-34-,38-35-,39-36-,45-43-,46-44-,64-59-. The van der Waals surface area contributed by atoms with Crippen LogP contribution < -0.4 is 0 Å². The van der Waals surface area contributed by atoms with E-state index in [0.717, 1.165) is 141 Å². The molecule has 127 heavy (non-hydrogen) atoms. The molecule has 0 aromatic carbocycles. The van der Waals surface area contributed by atoms with Crippen LogP contribution >= 0.6 is 15.6 Å². The Morgan fingerprint density at radius 1 is 0.228 bits per heavy atom. The van der Waals surface area contributed by atoms with Crippen LogP contribution in [-0.4, -0.2) is 95.9 Å². The Hall–Kier alpha value is -4.83. The molecule has 0 radical (unpaired) electrons. The van der Waals surface area contributed by atoms with Gasteiger partial charge in [0.2, 0.25) is 0 Å². The third kappa shape index (κ3) is 102. The smallest absolute Gasteiger partial charge is 0.463 e. The second kappa shape index (κ2) is 100. The molecule has 5 unspecified atom stereocenters. The van der Waals surface area contributed by atoms with Gasteiger partial charge in [0.25, 0.3) is 0 Å². The molecule has 732 valence electrons. The average molecular weight is 1820 g/mol. The zero-order valence-corrected chi connectivity index (χ0v) is 82.9. The summed E-state index contributed by atoms with van der Waals surface area (Å²) in [6.45, 7) is 2.59. The van der Waals surface area contributed by atoms with Crippen molar-refractivity contribution in [2.45, 2.75) is 476 Å². The van der Waals surface area contributed by atoms with Gasteiger partial charge < -0.3 is 34.2 Å². The number of phosphoric acid groups is 2. The highest BCUT2D eigenvalue weighted by Crippen LogP contribution is 2.45. The fourth-order valence-corrected chi connectivity index (χ4v) is 16.0. The van der Waals surface area contributed by atoms with Crippen LogP contribution in [0.25, 0.3) is 0 Å². The maximum atomic E-state index is 13.1. The Balaban J connectivity index is 4.56. The van der Waals surface area contributed by atoms with E-state index in [1.165, 1.54) is 257 Å². The molecule has 0 amide bonds. The van der Waals surface area contributed by atoms with Gasteiger partial charge in [0.05, 0.1) is 26.4 Å². The minimum Gasteiger partial charge on any atom is -0.463 e. The highest BCUT2D eigenvalue weighted by Gasteiger charge is 2.30. The molecule has 0 rings (SSSR count). The van der Waals surface area contributed by atoms with Crippen molar-refractivity contribution >= 4 is 33.6 Å². The summed E-state index contributed by atoms with van der Waals surface area (Å²) in [6.07, 6.45) is 130. The molecule has 0 saturated heterocycles. The number of hydrogen-bond donors (Lipinski definition) is 4. The fraction of sp³-hybridized carbons (Fsp3) is 0.734. The third-order valence-corrected chi connectivity index (χ3v) is 24.1. The first-order valence-electron chi connectivity index (χ1n) is 51.8. The summed E-state index contributed by atoms with van der Waals surface area (Å²) in [5.41, 5.74) is 0. The topological polar surface area (TPSA) is 231 Å². The van der Waals surface area contributed by atoms with Gasteiger partial charge in [-0.3, -0.25) is 32.5 Å². The summed E-state index contributed by atoms with van der Waals surface area (Å²) in [6, 6.07) is 0. The van der Waals surface area contributed by atoms with Crippen LogP contribution in [0.5, 0.6) is 0 Å². The van der Waals surface area contributed by atoms with Gasteiger partial charge in [0.1, 0.15) is 25.4 Å². The number of allylic oxidation sites excluding steroid dienone is 26. The van der Waals surface area contributed by atoms with Crippen molar-refractivity contribution in [1.29, 1.82) is 0 Å². The number of aliphatic hydroxyl groups is 2. The first-order valence-corrected chi connectivity index (χ1v) is 54.8. The molecule has 0 aliphatic carbocycles. The number of aliphatic hydroxyl groups excluding tert-OH is 2. The van der Waals surface area contributed by atoms with Gasteiger partial charge in [-0.05, 0) is 154 Å². The highest BCUT2D eigenvalue weighted by atomic mass is 31.2. The average Bonchev–Trinajstić information content (AvgIpc) is 0.899. The minimum atomic E-state index is -4.95. The van der Waals surface area contributed by atoms with Crippen molar-refractivity contribution in [3.63, 3.8) is 0 Å². The molecule has 0 aliphatic rings. The Morgan fingerprint density at radius 2 is 0.417 bits per heavy atom. The summed E-state index contributed by atoms with van der Waals surface area (Å²) in [4.78, 5) is 59.2. The third-order valence-electron chi connectivity index (χ3n) is 22.2. The van der Waals surface area contributed by atoms with Crippen LogP contribution in [0.1, 0.15) is 457 Å². The minimum absolute atomic E-state index is 0.0961. The summed E-state index contributed by atoms with van der Waals surface area (Å²) < 4.78 is 61.7. The quantitative estimate of drug-likeness (QED) is 0.0146. The van der Waals surface area contributed by atoms with Crippen LogP contribution in [0.4, 0.5) is 0 Å². The Kier molecular flexibility index (Phi) is 96.4. The van der Waals surface area contributed by atoms with Crippen molar-refractivity contribution in [3.8, 4) is 0 Å². The van der Waals surface area contributed by atoms with Crippen molar-refractivity contribution in [1.82, 2.24) is 0 Å². The molecule has 0 aromatic rings. The van der Waals surface area contributed by atoms with Gasteiger partial charge in [-0.15, -0.1) is 0 Å². The fourth-order valence-electron chi connectivity index (χ4n) is 14.4. The Labute approximate surface area is 778 Å². The molecule has 0 heterocycles. The predicted octanol–water partition coefficient (Wildman–Crippen LogP) is 32.8. The van der Waals surface area contributed by atoms with E-state index in [4.69, 9.17) is 32.3 Å². The lowest BCUT2D eigenvalue weighted by molar-refractivity contribution is -0.161. The number of rotatable bonds is 98. The van der Waals surface area contributed by atoms with E-state index in [-0.39, 0.29) is 19.3 Å². The van der Waals surface area contributed by atoms with Crippen molar-refractivity contribution in [2.24, 2.45) is 0 Å². The molecule has 18 heteroatoms. The number of esters is 3. The van der Waals surface area contributed by atoms with Crippen molar-refractivity contribution in [3.05, 3.63) is 158 Å². The summed E-state index contributed by atoms with van der Waals surface area (Å²) >= 11 is 0. The normalized spacial score (nSPS) is 14.3. The highest BCUT2D eigenvalue weighted by molar-refractivity contribution is 7.47. The van der Waals surface area contributed by atoms with E-state index >= 15 is 0 Å². The summed E-state index contributed by atoms with van der Waals surface area (Å²) in [5, 5.41) is 20.8. The van der Waals surface area contributed by atoms with Crippen molar-refractivity contribution < 1.29 is 75.8 Å². The number of phosphoric ester groups is 2. The van der Waals surface area contributed by atoms with Gasteiger partial charge in [0, 0.05) is 19.3 Å². The SMILES string of the molecule is CC/C=C\C/C=C\C/C=C\C/C=C\C/C=C\CCCCCCCCCCCCCCCCCCCCCC(=O)OCC(O)COP(=O)(O)OCC(O)COP(=O)(O)OCC(COC(=O)CCCCCCCCCCCCCCCCC/C=C\C/C=C\C/C=C\C/C=C\CCCCC)OC(=O)CCCCCCCCCCC/C=C\C/C=C\C/C=C\C/C=C\CCCCC. The van der Waals surface area contributed by atoms with Crippen LogP contribution in [0, 0.1) is 0 Å². The molecule has 4 N–H and O–H groups in total. The first-order chi connectivity index (χ1) is 62.2. The maximum absolute atomic E-state index is 13.1. The molecule has 16 nitrogen and oxygen atoms in total. The summed E-state index contributed by atoms with van der Waals surface area (Å²) in [7, 11) is -9.82. The lowest BCUT2D eigenvalue weighted by Gasteiger charge is -2.21. The number of carbonyl (C=O) groups excluding carboxylic acids is 3. The second-order valence-electron chi connectivity index (χ2n) is 34.6. The maximum Gasteiger partial charge on any atom is 0.472 e. The second-order valence-corrected chi connectivity index (χ2v) is 37.5. The zero-order valence-electron chi connectivity index (χ0n) is 81.2. The van der Waals surface area contributed by atoms with Gasteiger partial charge in [-0.25, -0.2) is 9.13 Å². The Morgan fingerprint density at radius 3 is 0.661 bits per heavy atom. The van der Waals surface area contributed by atoms with Gasteiger partial charge >= 0.3 is 33.6 Å². The largest absolute Gasteiger partial charge is 0.472 e. The van der Waals surface area contributed by atoms with E-state index in [9.17, 15) is 43.5 Å². The molecular formula is C109H190O16P2. The molecule has 0 spiro atoms. The predicted molar refractivity (Wildman–Crippen MR) is 537 cm³/mol. The van der Waals surface area contributed by atoms with Gasteiger partial charge in [0.15, 0.2) is 6.10 Å². The Bertz CT molecular complexity index is 2940. The van der Waals surface area contributed by atoms with E-state index in [1.54, 1.807) is 0 Å². The van der Waals surface area contributed by atoms with E-state index in [0.29, 0.717) is 19.3 Å². The number of unbranched alkanes of at least 4 members (excludes halogenated alkanes) is 49. The first kappa shape index (κ1) is 122. The van der Waals surface area contributed by atoms with E-state index in [2.05, 4.69) is 179 Å². The van der Waals surface area contributed by atoms with Crippen molar-refractivity contribution in [2.75, 3.05) is 39.6 Å². The molecule has 0 fully saturated rings. The lowest BCUT2D eigenvalue weighted by atomic mass is 10.0. The van der Waals surface area contributed by atoms with Gasteiger partial charge in [-0.2, -0.15) is 0 Å². The van der Waals surface area contributed by atoms with Crippen LogP contribution in [0.15, 0.2) is 158 Å². The van der Waals surface area contributed by atoms with Crippen LogP contribution in [0.3, 0.4) is 0 Å². The number of ether oxygens (including phenoxy) is 3. The molecule has 0 aromatic heterocycles. The lowest BCUT2D eigenvalue weighted by Crippen LogP contribution is -2.30.